The van der Waals surface area contributed by atoms with Crippen LogP contribution in [0.4, 0.5) is 0 Å². The summed E-state index contributed by atoms with van der Waals surface area (Å²) in [5.41, 5.74) is 1.22. The summed E-state index contributed by atoms with van der Waals surface area (Å²) in [5, 5.41) is 3.13. The Labute approximate surface area is 105 Å². The highest BCUT2D eigenvalue weighted by molar-refractivity contribution is 5.20. The van der Waals surface area contributed by atoms with Crippen LogP contribution < -0.4 is 5.32 Å². The van der Waals surface area contributed by atoms with Crippen LogP contribution in [0.15, 0.2) is 10.5 Å². The third kappa shape index (κ3) is 4.92. The van der Waals surface area contributed by atoms with E-state index >= 15 is 0 Å². The van der Waals surface area contributed by atoms with Crippen molar-refractivity contribution >= 4 is 0 Å². The summed E-state index contributed by atoms with van der Waals surface area (Å²) in [5.74, 6) is 2.55. The Morgan fingerprint density at radius 3 is 2.88 bits per heavy atom. The van der Waals surface area contributed by atoms with Crippen LogP contribution in [0.2, 0.25) is 0 Å². The molecule has 0 aromatic carbocycles. The number of hydrogen-bond acceptors (Lipinski definition) is 3. The monoisotopic (exact) mass is 239 g/mol. The van der Waals surface area contributed by atoms with Crippen molar-refractivity contribution in [3.63, 3.8) is 0 Å². The van der Waals surface area contributed by atoms with Gasteiger partial charge in [-0.25, -0.2) is 0 Å². The van der Waals surface area contributed by atoms with E-state index in [1.165, 1.54) is 18.4 Å². The van der Waals surface area contributed by atoms with Gasteiger partial charge < -0.3 is 14.5 Å². The Hall–Kier alpha value is -0.800. The first-order valence-corrected chi connectivity index (χ1v) is 6.47. The average molecular weight is 239 g/mol. The topological polar surface area (TPSA) is 34.4 Å². The Bertz CT molecular complexity index is 320. The molecule has 0 bridgehead atoms. The van der Waals surface area contributed by atoms with Gasteiger partial charge >= 0.3 is 0 Å². The lowest BCUT2D eigenvalue weighted by Crippen LogP contribution is -2.05. The molecule has 1 atom stereocenters. The van der Waals surface area contributed by atoms with E-state index in [0.29, 0.717) is 12.5 Å². The quantitative estimate of drug-likeness (QED) is 0.756. The molecule has 0 fully saturated rings. The molecule has 0 saturated carbocycles. The van der Waals surface area contributed by atoms with E-state index in [9.17, 15) is 0 Å². The standard InChI is InChI=1S/C14H25NO2/c1-5-6-11(2)9-16-10-14-7-13(8-15-4)12(3)17-14/h7,11,15H,5-6,8-10H2,1-4H3. The second-order valence-electron chi connectivity index (χ2n) is 4.73. The van der Waals surface area contributed by atoms with E-state index in [0.717, 1.165) is 24.7 Å². The summed E-state index contributed by atoms with van der Waals surface area (Å²) >= 11 is 0. The predicted molar refractivity (Wildman–Crippen MR) is 69.9 cm³/mol. The van der Waals surface area contributed by atoms with Crippen LogP contribution in [0.1, 0.15) is 43.8 Å². The highest BCUT2D eigenvalue weighted by Gasteiger charge is 2.07. The lowest BCUT2D eigenvalue weighted by molar-refractivity contribution is 0.0771. The second-order valence-corrected chi connectivity index (χ2v) is 4.73. The molecule has 98 valence electrons. The molecule has 0 spiro atoms. The maximum absolute atomic E-state index is 5.67. The summed E-state index contributed by atoms with van der Waals surface area (Å²) in [6.45, 7) is 8.67. The van der Waals surface area contributed by atoms with Crippen LogP contribution in [0.25, 0.3) is 0 Å². The van der Waals surface area contributed by atoms with E-state index in [1.54, 1.807) is 0 Å². The fourth-order valence-electron chi connectivity index (χ4n) is 1.96. The smallest absolute Gasteiger partial charge is 0.130 e. The largest absolute Gasteiger partial charge is 0.464 e. The molecule has 0 aliphatic carbocycles. The Balaban J connectivity index is 2.34. The summed E-state index contributed by atoms with van der Waals surface area (Å²) in [6.07, 6.45) is 2.44. The van der Waals surface area contributed by atoms with Crippen LogP contribution in [0.3, 0.4) is 0 Å². The first-order chi connectivity index (χ1) is 8.17. The summed E-state index contributed by atoms with van der Waals surface area (Å²) in [4.78, 5) is 0. The molecule has 17 heavy (non-hydrogen) atoms. The van der Waals surface area contributed by atoms with Crippen molar-refractivity contribution < 1.29 is 9.15 Å². The normalized spacial score (nSPS) is 12.9. The molecule has 1 N–H and O–H groups in total. The third-order valence-corrected chi connectivity index (χ3v) is 2.87. The van der Waals surface area contributed by atoms with Crippen molar-refractivity contribution in [2.75, 3.05) is 13.7 Å². The zero-order valence-corrected chi connectivity index (χ0v) is 11.5. The lowest BCUT2D eigenvalue weighted by Gasteiger charge is -2.09. The van der Waals surface area contributed by atoms with Crippen molar-refractivity contribution in [1.82, 2.24) is 5.32 Å². The first-order valence-electron chi connectivity index (χ1n) is 6.47. The first kappa shape index (κ1) is 14.3. The Kier molecular flexibility index (Phi) is 6.30. The molecule has 1 unspecified atom stereocenters. The minimum absolute atomic E-state index is 0.582. The fourth-order valence-corrected chi connectivity index (χ4v) is 1.96. The number of nitrogens with one attached hydrogen (secondary N) is 1. The van der Waals surface area contributed by atoms with Crippen LogP contribution in [0, 0.1) is 12.8 Å². The Morgan fingerprint density at radius 2 is 2.24 bits per heavy atom. The van der Waals surface area contributed by atoms with E-state index in [2.05, 4.69) is 25.2 Å². The van der Waals surface area contributed by atoms with Crippen molar-refractivity contribution in [2.24, 2.45) is 5.92 Å². The third-order valence-electron chi connectivity index (χ3n) is 2.87. The molecule has 1 aromatic rings. The summed E-state index contributed by atoms with van der Waals surface area (Å²) in [6, 6.07) is 2.08. The van der Waals surface area contributed by atoms with Crippen LogP contribution in [-0.4, -0.2) is 13.7 Å². The molecule has 0 saturated heterocycles. The van der Waals surface area contributed by atoms with Gasteiger partial charge in [-0.15, -0.1) is 0 Å². The molecule has 3 heteroatoms. The number of furan rings is 1. The van der Waals surface area contributed by atoms with Gasteiger partial charge in [0, 0.05) is 18.7 Å². The van der Waals surface area contributed by atoms with Crippen LogP contribution in [0.5, 0.6) is 0 Å². The highest BCUT2D eigenvalue weighted by Crippen LogP contribution is 2.16. The zero-order chi connectivity index (χ0) is 12.7. The molecule has 1 heterocycles. The molecule has 1 aromatic heterocycles. The summed E-state index contributed by atoms with van der Waals surface area (Å²) in [7, 11) is 1.94. The molecule has 0 amide bonds. The molecular formula is C14H25NO2. The zero-order valence-electron chi connectivity index (χ0n) is 11.5. The van der Waals surface area contributed by atoms with Gasteiger partial charge in [-0.2, -0.15) is 0 Å². The van der Waals surface area contributed by atoms with Gasteiger partial charge in [0.1, 0.15) is 18.1 Å². The Morgan fingerprint density at radius 1 is 1.47 bits per heavy atom. The van der Waals surface area contributed by atoms with Gasteiger partial charge in [0.15, 0.2) is 0 Å². The minimum Gasteiger partial charge on any atom is -0.464 e. The van der Waals surface area contributed by atoms with Crippen molar-refractivity contribution in [2.45, 2.75) is 46.8 Å². The van der Waals surface area contributed by atoms with Crippen molar-refractivity contribution in [3.8, 4) is 0 Å². The average Bonchev–Trinajstić information content (AvgIpc) is 2.61. The van der Waals surface area contributed by atoms with Gasteiger partial charge in [-0.05, 0) is 32.4 Å². The predicted octanol–water partition coefficient (Wildman–Crippen LogP) is 3.26. The molecule has 1 rings (SSSR count). The van der Waals surface area contributed by atoms with Crippen LogP contribution >= 0.6 is 0 Å². The second kappa shape index (κ2) is 7.51. The van der Waals surface area contributed by atoms with Crippen LogP contribution in [-0.2, 0) is 17.9 Å². The van der Waals surface area contributed by atoms with Gasteiger partial charge in [0.25, 0.3) is 0 Å². The minimum atomic E-state index is 0.582. The fraction of sp³-hybridized carbons (Fsp3) is 0.714. The molecule has 3 nitrogen and oxygen atoms in total. The summed E-state index contributed by atoms with van der Waals surface area (Å²) < 4.78 is 11.3. The van der Waals surface area contributed by atoms with Gasteiger partial charge in [0.05, 0.1) is 0 Å². The van der Waals surface area contributed by atoms with E-state index in [1.807, 2.05) is 14.0 Å². The molecule has 0 aliphatic heterocycles. The number of hydrogen-bond donors (Lipinski definition) is 1. The van der Waals surface area contributed by atoms with Crippen molar-refractivity contribution in [1.29, 1.82) is 0 Å². The van der Waals surface area contributed by atoms with E-state index in [4.69, 9.17) is 9.15 Å². The molecule has 0 radical (unpaired) electrons. The lowest BCUT2D eigenvalue weighted by atomic mass is 10.1. The van der Waals surface area contributed by atoms with Gasteiger partial charge in [-0.1, -0.05) is 20.3 Å². The number of ether oxygens (including phenoxy) is 1. The molecular weight excluding hydrogens is 214 g/mol. The maximum atomic E-state index is 5.67. The highest BCUT2D eigenvalue weighted by atomic mass is 16.5. The van der Waals surface area contributed by atoms with Crippen molar-refractivity contribution in [3.05, 3.63) is 23.2 Å². The van der Waals surface area contributed by atoms with Gasteiger partial charge in [0.2, 0.25) is 0 Å². The number of aryl methyl sites for hydroxylation is 1. The number of rotatable bonds is 8. The van der Waals surface area contributed by atoms with E-state index in [-0.39, 0.29) is 0 Å². The SMILES string of the molecule is CCCC(C)COCc1cc(CNC)c(C)o1. The van der Waals surface area contributed by atoms with Gasteiger partial charge in [-0.3, -0.25) is 0 Å². The molecule has 0 aliphatic rings. The maximum Gasteiger partial charge on any atom is 0.130 e. The van der Waals surface area contributed by atoms with E-state index < -0.39 is 0 Å².